The van der Waals surface area contributed by atoms with Crippen molar-refractivity contribution in [2.75, 3.05) is 32.7 Å². The van der Waals surface area contributed by atoms with Crippen LogP contribution in [-0.2, 0) is 43.5 Å². The number of likely N-dealkylation sites (tertiary alicyclic amines) is 1. The van der Waals surface area contributed by atoms with Crippen molar-refractivity contribution in [2.45, 2.75) is 104 Å². The zero-order chi connectivity index (χ0) is 53.9. The van der Waals surface area contributed by atoms with Crippen LogP contribution in [0.3, 0.4) is 0 Å². The topological polar surface area (TPSA) is 219 Å². The molecule has 0 bridgehead atoms. The van der Waals surface area contributed by atoms with Crippen LogP contribution in [0, 0.1) is 37.5 Å². The minimum atomic E-state index is -1.39. The van der Waals surface area contributed by atoms with E-state index in [1.54, 1.807) is 33.1 Å². The van der Waals surface area contributed by atoms with Crippen molar-refractivity contribution in [3.63, 3.8) is 0 Å². The van der Waals surface area contributed by atoms with Gasteiger partial charge in [-0.3, -0.25) is 33.5 Å². The predicted molar refractivity (Wildman–Crippen MR) is 290 cm³/mol. The Bertz CT molecular complexity index is 3420. The average molecular weight is 1100 g/mol. The third kappa shape index (κ3) is 9.79. The highest BCUT2D eigenvalue weighted by Crippen LogP contribution is 2.54. The van der Waals surface area contributed by atoms with E-state index in [1.807, 2.05) is 58.9 Å². The Morgan fingerprint density at radius 2 is 1.78 bits per heavy atom. The number of carbonyl (C=O) groups is 5. The number of thiophene rings is 1. The number of nitrogens with zero attached hydrogens (tertiary/aromatic N) is 9. The normalized spacial score (nSPS) is 21.2. The number of carboxylic acid groups (broad SMARTS) is 1. The quantitative estimate of drug-likeness (QED) is 0.0789. The van der Waals surface area contributed by atoms with Gasteiger partial charge in [-0.25, -0.2) is 4.68 Å². The van der Waals surface area contributed by atoms with Gasteiger partial charge in [0.05, 0.1) is 48.1 Å². The van der Waals surface area contributed by atoms with Gasteiger partial charge in [-0.15, -0.1) is 33.2 Å². The molecule has 4 amide bonds. The van der Waals surface area contributed by atoms with Gasteiger partial charge in [-0.2, -0.15) is 0 Å². The maximum atomic E-state index is 14.9. The van der Waals surface area contributed by atoms with Crippen LogP contribution in [0.15, 0.2) is 72.2 Å². The fourth-order valence-corrected chi connectivity index (χ4v) is 13.5. The molecule has 1 spiro atoms. The molecule has 3 aliphatic heterocycles. The number of hydrogen-bond donors (Lipinski definition) is 3. The summed E-state index contributed by atoms with van der Waals surface area (Å²) in [5.41, 5.74) is 5.95. The summed E-state index contributed by atoms with van der Waals surface area (Å²) >= 11 is 14.8. The lowest BCUT2D eigenvalue weighted by Gasteiger charge is -2.45. The molecule has 2 saturated carbocycles. The summed E-state index contributed by atoms with van der Waals surface area (Å²) in [5, 5.41) is 35.8. The standard InChI is InChI=1S/C56H59Cl2N11O7S/c1-5-56(54(74)75)18-7-6-8-38(56)52(73)67-22-17-37-39(58)14-16-44(49(37)43(67)28-66-30-55(19-20-55)26-47(66)72)76-29-34-9-15-42-40(24-34)63-65-68(42)23-21-59-46(71)27-60-45(70)25-41-51-64-62-33(4)69(51)53-48(31(2)32(3)77-53)50(61-41)35-10-12-36(57)13-11-35/h5,9-16,24,38,41,43H,1,6-8,17-23,25-30H2,2-4H3,(H,59,71)(H,60,70)(H,74,75)/t38-,41-,43+,56-/m0/s1. The smallest absolute Gasteiger partial charge is 0.314 e. The molecule has 0 unspecified atom stereocenters. The van der Waals surface area contributed by atoms with Crippen LogP contribution < -0.4 is 15.4 Å². The van der Waals surface area contributed by atoms with E-state index >= 15 is 0 Å². The first kappa shape index (κ1) is 52.1. The predicted octanol–water partition coefficient (Wildman–Crippen LogP) is 7.98. The van der Waals surface area contributed by atoms with E-state index < -0.39 is 29.4 Å². The number of ether oxygens (including phenoxy) is 1. The van der Waals surface area contributed by atoms with E-state index in [1.165, 1.54) is 6.08 Å². The minimum Gasteiger partial charge on any atom is -0.489 e. The van der Waals surface area contributed by atoms with Gasteiger partial charge < -0.3 is 30.3 Å². The number of nitrogens with one attached hydrogen (secondary N) is 2. The van der Waals surface area contributed by atoms with E-state index in [2.05, 4.69) is 51.6 Å². The van der Waals surface area contributed by atoms with Crippen LogP contribution in [0.1, 0.15) is 113 Å². The van der Waals surface area contributed by atoms with Crippen molar-refractivity contribution in [2.24, 2.45) is 21.7 Å². The van der Waals surface area contributed by atoms with Crippen LogP contribution in [-0.4, -0.2) is 113 Å². The largest absolute Gasteiger partial charge is 0.489 e. The molecule has 3 fully saturated rings. The summed E-state index contributed by atoms with van der Waals surface area (Å²) in [6.07, 6.45) is 6.46. The third-order valence-electron chi connectivity index (χ3n) is 16.4. The second-order valence-electron chi connectivity index (χ2n) is 21.2. The molecule has 18 nitrogen and oxygen atoms in total. The number of fused-ring (bicyclic) bond motifs is 5. The number of hydrogen-bond acceptors (Lipinski definition) is 12. The van der Waals surface area contributed by atoms with Gasteiger partial charge in [0.1, 0.15) is 34.7 Å². The van der Waals surface area contributed by atoms with Crippen LogP contribution >= 0.6 is 34.5 Å². The highest BCUT2D eigenvalue weighted by Gasteiger charge is 2.54. The third-order valence-corrected chi connectivity index (χ3v) is 18.2. The van der Waals surface area contributed by atoms with Crippen molar-refractivity contribution in [1.29, 1.82) is 0 Å². The molecule has 5 aliphatic rings. The molecule has 6 heterocycles. The Kier molecular flexibility index (Phi) is 14.1. The lowest BCUT2D eigenvalue weighted by molar-refractivity contribution is -0.160. The first-order valence-electron chi connectivity index (χ1n) is 26.2. The molecular weight excluding hydrogens is 1040 g/mol. The number of amides is 4. The Morgan fingerprint density at radius 3 is 2.53 bits per heavy atom. The number of aliphatic carboxylic acids is 1. The van der Waals surface area contributed by atoms with Crippen LogP contribution in [0.5, 0.6) is 5.75 Å². The lowest BCUT2D eigenvalue weighted by atomic mass is 9.65. The molecule has 6 aromatic rings. The van der Waals surface area contributed by atoms with E-state index in [-0.39, 0.29) is 61.7 Å². The lowest BCUT2D eigenvalue weighted by Crippen LogP contribution is -2.53. The number of carbonyl (C=O) groups excluding carboxylic acids is 4. The zero-order valence-electron chi connectivity index (χ0n) is 43.1. The fraction of sp³-hybridized carbons (Fsp3) is 0.429. The first-order valence-corrected chi connectivity index (χ1v) is 27.8. The Labute approximate surface area is 458 Å². The van der Waals surface area contributed by atoms with Gasteiger partial charge in [0.15, 0.2) is 5.82 Å². The van der Waals surface area contributed by atoms with Gasteiger partial charge in [0.25, 0.3) is 0 Å². The van der Waals surface area contributed by atoms with Crippen molar-refractivity contribution < 1.29 is 33.8 Å². The summed E-state index contributed by atoms with van der Waals surface area (Å²) in [4.78, 5) is 77.8. The van der Waals surface area contributed by atoms with Gasteiger partial charge >= 0.3 is 5.97 Å². The fourth-order valence-electron chi connectivity index (χ4n) is 11.9. The highest BCUT2D eigenvalue weighted by atomic mass is 35.5. The molecule has 11 rings (SSSR count). The number of aromatic nitrogens is 6. The molecule has 400 valence electrons. The van der Waals surface area contributed by atoms with Gasteiger partial charge in [-0.05, 0) is 111 Å². The molecule has 3 N–H and O–H groups in total. The van der Waals surface area contributed by atoms with E-state index in [4.69, 9.17) is 32.9 Å². The van der Waals surface area contributed by atoms with Crippen LogP contribution in [0.25, 0.3) is 16.0 Å². The molecular formula is C56H59Cl2N11O7S. The second kappa shape index (κ2) is 20.8. The summed E-state index contributed by atoms with van der Waals surface area (Å²) in [6, 6.07) is 15.4. The van der Waals surface area contributed by atoms with Gasteiger partial charge in [-0.1, -0.05) is 65.5 Å². The Balaban J connectivity index is 0.740. The highest BCUT2D eigenvalue weighted by molar-refractivity contribution is 7.15. The summed E-state index contributed by atoms with van der Waals surface area (Å²) in [7, 11) is 0. The Morgan fingerprint density at radius 1 is 0.974 bits per heavy atom. The van der Waals surface area contributed by atoms with Gasteiger partial charge in [0, 0.05) is 64.2 Å². The number of carboxylic acids is 1. The molecule has 77 heavy (non-hydrogen) atoms. The second-order valence-corrected chi connectivity index (χ2v) is 23.2. The molecule has 3 aromatic carbocycles. The SMILES string of the molecule is C=C[C@]1(C(=O)O)CCCC[C@H]1C(=O)N1CCc2c(Cl)ccc(OCc3ccc4c(c3)nnn4CCNC(=O)CNC(=O)C[C@@H]3N=C(c4ccc(Cl)cc4)c4c(sc(C)c4C)-n4c(C)nnc43)c2[C@H]1CN1CC2(CC2)CC1=O. The Hall–Kier alpha value is -6.96. The average Bonchev–Trinajstić information content (AvgIpc) is 3.63. The number of benzene rings is 3. The van der Waals surface area contributed by atoms with Crippen molar-refractivity contribution in [1.82, 2.24) is 50.2 Å². The molecule has 21 heteroatoms. The summed E-state index contributed by atoms with van der Waals surface area (Å²) < 4.78 is 10.3. The zero-order valence-corrected chi connectivity index (χ0v) is 45.4. The summed E-state index contributed by atoms with van der Waals surface area (Å²) in [6.45, 7) is 11.5. The maximum absolute atomic E-state index is 14.9. The summed E-state index contributed by atoms with van der Waals surface area (Å²) in [5.74, 6) is -1.07. The number of halogens is 2. The molecule has 0 radical (unpaired) electrons. The van der Waals surface area contributed by atoms with E-state index in [0.29, 0.717) is 84.7 Å². The molecule has 4 atom stereocenters. The number of aliphatic imine (C=N–C) groups is 1. The number of rotatable bonds is 16. The van der Waals surface area contributed by atoms with Gasteiger partial charge in [0.2, 0.25) is 23.6 Å². The van der Waals surface area contributed by atoms with E-state index in [0.717, 1.165) is 73.7 Å². The minimum absolute atomic E-state index is 0.00724. The first-order chi connectivity index (χ1) is 37.1. The van der Waals surface area contributed by atoms with Crippen molar-refractivity contribution in [3.05, 3.63) is 127 Å². The number of aryl methyl sites for hydroxylation is 2. The molecule has 3 aromatic heterocycles. The van der Waals surface area contributed by atoms with Crippen molar-refractivity contribution >= 4 is 80.9 Å². The van der Waals surface area contributed by atoms with E-state index in [9.17, 15) is 29.1 Å². The van der Waals surface area contributed by atoms with Crippen LogP contribution in [0.4, 0.5) is 0 Å². The van der Waals surface area contributed by atoms with Crippen molar-refractivity contribution in [3.8, 4) is 10.8 Å². The molecule has 2 aliphatic carbocycles. The molecule has 1 saturated heterocycles. The maximum Gasteiger partial charge on any atom is 0.314 e. The monoisotopic (exact) mass is 1100 g/mol. The van der Waals surface area contributed by atoms with Crippen LogP contribution in [0.2, 0.25) is 10.0 Å².